The standard InChI is InChI=1S/C16H15NO4S/c1-21-13-6-8-14(9-7-13)22-10-15(18)17-12-4-2-11(3-5-12)16(19)20/h2-9H,10H2,1H3,(H,17,18)(H,19,20). The monoisotopic (exact) mass is 317 g/mol. The van der Waals surface area contributed by atoms with Gasteiger partial charge in [0.15, 0.2) is 0 Å². The SMILES string of the molecule is COc1ccc(SCC(=O)Nc2ccc(C(=O)O)cc2)cc1. The van der Waals surface area contributed by atoms with Gasteiger partial charge in [-0.25, -0.2) is 4.79 Å². The van der Waals surface area contributed by atoms with Gasteiger partial charge in [-0.2, -0.15) is 0 Å². The third kappa shape index (κ3) is 4.53. The number of thioether (sulfide) groups is 1. The summed E-state index contributed by atoms with van der Waals surface area (Å²) in [6.45, 7) is 0. The molecule has 0 spiro atoms. The molecule has 2 aromatic rings. The van der Waals surface area contributed by atoms with Crippen molar-refractivity contribution in [2.75, 3.05) is 18.2 Å². The normalized spacial score (nSPS) is 10.0. The summed E-state index contributed by atoms with van der Waals surface area (Å²) in [6.07, 6.45) is 0. The van der Waals surface area contributed by atoms with Crippen LogP contribution in [0.25, 0.3) is 0 Å². The fourth-order valence-electron chi connectivity index (χ4n) is 1.71. The van der Waals surface area contributed by atoms with Gasteiger partial charge in [0.05, 0.1) is 18.4 Å². The molecule has 0 fully saturated rings. The third-order valence-electron chi connectivity index (χ3n) is 2.84. The second-order valence-corrected chi connectivity index (χ2v) is 5.44. The molecule has 114 valence electrons. The van der Waals surface area contributed by atoms with E-state index in [-0.39, 0.29) is 17.2 Å². The Morgan fingerprint density at radius 2 is 1.73 bits per heavy atom. The fraction of sp³-hybridized carbons (Fsp3) is 0.125. The minimum Gasteiger partial charge on any atom is -0.497 e. The molecule has 2 aromatic carbocycles. The van der Waals surface area contributed by atoms with Crippen molar-refractivity contribution in [2.24, 2.45) is 0 Å². The summed E-state index contributed by atoms with van der Waals surface area (Å²) in [7, 11) is 1.60. The summed E-state index contributed by atoms with van der Waals surface area (Å²) >= 11 is 1.41. The van der Waals surface area contributed by atoms with Crippen molar-refractivity contribution in [1.82, 2.24) is 0 Å². The smallest absolute Gasteiger partial charge is 0.335 e. The molecule has 0 aliphatic heterocycles. The van der Waals surface area contributed by atoms with Gasteiger partial charge in [-0.15, -0.1) is 11.8 Å². The average Bonchev–Trinajstić information content (AvgIpc) is 2.54. The van der Waals surface area contributed by atoms with Crippen LogP contribution in [-0.2, 0) is 4.79 Å². The first-order valence-electron chi connectivity index (χ1n) is 6.48. The zero-order valence-electron chi connectivity index (χ0n) is 11.9. The molecule has 22 heavy (non-hydrogen) atoms. The Morgan fingerprint density at radius 3 is 2.27 bits per heavy atom. The molecular weight excluding hydrogens is 302 g/mol. The van der Waals surface area contributed by atoms with Crippen molar-refractivity contribution in [3.63, 3.8) is 0 Å². The Labute approximate surface area is 132 Å². The number of carboxylic acids is 1. The summed E-state index contributed by atoms with van der Waals surface area (Å²) in [6, 6.07) is 13.5. The Bertz CT molecular complexity index is 653. The molecule has 0 aliphatic carbocycles. The Kier molecular flexibility index (Phi) is 5.43. The van der Waals surface area contributed by atoms with Crippen LogP contribution in [0, 0.1) is 0 Å². The highest BCUT2D eigenvalue weighted by Gasteiger charge is 2.06. The molecule has 1 amide bonds. The summed E-state index contributed by atoms with van der Waals surface area (Å²) in [5, 5.41) is 11.5. The van der Waals surface area contributed by atoms with Crippen molar-refractivity contribution in [1.29, 1.82) is 0 Å². The first-order chi connectivity index (χ1) is 10.6. The molecule has 0 bridgehead atoms. The number of aromatic carboxylic acids is 1. The molecule has 6 heteroatoms. The maximum absolute atomic E-state index is 11.9. The van der Waals surface area contributed by atoms with Gasteiger partial charge in [0.2, 0.25) is 5.91 Å². The number of carbonyl (C=O) groups excluding carboxylic acids is 1. The zero-order chi connectivity index (χ0) is 15.9. The Hall–Kier alpha value is -2.47. The number of ether oxygens (including phenoxy) is 1. The molecule has 0 atom stereocenters. The third-order valence-corrected chi connectivity index (χ3v) is 3.86. The lowest BCUT2D eigenvalue weighted by molar-refractivity contribution is -0.113. The van der Waals surface area contributed by atoms with E-state index in [1.807, 2.05) is 24.3 Å². The summed E-state index contributed by atoms with van der Waals surface area (Å²) in [4.78, 5) is 23.6. The van der Waals surface area contributed by atoms with Crippen molar-refractivity contribution in [3.05, 3.63) is 54.1 Å². The van der Waals surface area contributed by atoms with Crippen molar-refractivity contribution >= 4 is 29.3 Å². The van der Waals surface area contributed by atoms with Crippen LogP contribution in [-0.4, -0.2) is 29.8 Å². The number of carboxylic acid groups (broad SMARTS) is 1. The highest BCUT2D eigenvalue weighted by molar-refractivity contribution is 8.00. The predicted octanol–water partition coefficient (Wildman–Crippen LogP) is 3.12. The number of carbonyl (C=O) groups is 2. The average molecular weight is 317 g/mol. The second kappa shape index (κ2) is 7.51. The zero-order valence-corrected chi connectivity index (χ0v) is 12.7. The minimum atomic E-state index is -0.993. The quantitative estimate of drug-likeness (QED) is 0.801. The minimum absolute atomic E-state index is 0.149. The van der Waals surface area contributed by atoms with E-state index in [1.165, 1.54) is 23.9 Å². The highest BCUT2D eigenvalue weighted by Crippen LogP contribution is 2.21. The largest absolute Gasteiger partial charge is 0.497 e. The van der Waals surface area contributed by atoms with Gasteiger partial charge in [0, 0.05) is 10.6 Å². The van der Waals surface area contributed by atoms with Gasteiger partial charge in [0.25, 0.3) is 0 Å². The molecular formula is C16H15NO4S. The van der Waals surface area contributed by atoms with Crippen molar-refractivity contribution < 1.29 is 19.4 Å². The number of hydrogen-bond acceptors (Lipinski definition) is 4. The molecule has 2 rings (SSSR count). The first-order valence-corrected chi connectivity index (χ1v) is 7.47. The number of anilines is 1. The van der Waals surface area contributed by atoms with Crippen LogP contribution in [0.4, 0.5) is 5.69 Å². The van der Waals surface area contributed by atoms with E-state index in [9.17, 15) is 9.59 Å². The van der Waals surface area contributed by atoms with Crippen molar-refractivity contribution in [2.45, 2.75) is 4.90 Å². The number of hydrogen-bond donors (Lipinski definition) is 2. The molecule has 2 N–H and O–H groups in total. The van der Waals surface area contributed by atoms with Crippen LogP contribution in [0.15, 0.2) is 53.4 Å². The fourth-order valence-corrected chi connectivity index (χ4v) is 2.41. The van der Waals surface area contributed by atoms with E-state index in [2.05, 4.69) is 5.32 Å². The van der Waals surface area contributed by atoms with Gasteiger partial charge in [0.1, 0.15) is 5.75 Å². The maximum atomic E-state index is 11.9. The van der Waals surface area contributed by atoms with Crippen LogP contribution in [0.1, 0.15) is 10.4 Å². The highest BCUT2D eigenvalue weighted by atomic mass is 32.2. The molecule has 0 saturated carbocycles. The number of rotatable bonds is 6. The van der Waals surface area contributed by atoms with Gasteiger partial charge >= 0.3 is 5.97 Å². The van der Waals surface area contributed by atoms with Crippen LogP contribution in [0.3, 0.4) is 0 Å². The number of amides is 1. The molecule has 0 unspecified atom stereocenters. The van der Waals surface area contributed by atoms with Crippen LogP contribution >= 0.6 is 11.8 Å². The van der Waals surface area contributed by atoms with E-state index in [4.69, 9.17) is 9.84 Å². The van der Waals surface area contributed by atoms with Gasteiger partial charge in [-0.05, 0) is 48.5 Å². The second-order valence-electron chi connectivity index (χ2n) is 4.39. The Balaban J connectivity index is 1.85. The number of methoxy groups -OCH3 is 1. The molecule has 0 saturated heterocycles. The first kappa shape index (κ1) is 15.9. The van der Waals surface area contributed by atoms with Gasteiger partial charge < -0.3 is 15.2 Å². The number of benzene rings is 2. The van der Waals surface area contributed by atoms with Crippen LogP contribution in [0.5, 0.6) is 5.75 Å². The van der Waals surface area contributed by atoms with E-state index in [0.29, 0.717) is 5.69 Å². The molecule has 0 aliphatic rings. The lowest BCUT2D eigenvalue weighted by Gasteiger charge is -2.06. The molecule has 0 radical (unpaired) electrons. The summed E-state index contributed by atoms with van der Waals surface area (Å²) in [5.74, 6) is -0.100. The van der Waals surface area contributed by atoms with E-state index in [1.54, 1.807) is 19.2 Å². The maximum Gasteiger partial charge on any atom is 0.335 e. The molecule has 0 heterocycles. The summed E-state index contributed by atoms with van der Waals surface area (Å²) < 4.78 is 5.07. The predicted molar refractivity (Wildman–Crippen MR) is 85.7 cm³/mol. The van der Waals surface area contributed by atoms with E-state index >= 15 is 0 Å². The van der Waals surface area contributed by atoms with E-state index in [0.717, 1.165) is 10.6 Å². The van der Waals surface area contributed by atoms with Gasteiger partial charge in [-0.3, -0.25) is 4.79 Å². The van der Waals surface area contributed by atoms with Crippen LogP contribution in [0.2, 0.25) is 0 Å². The molecule has 0 aromatic heterocycles. The topological polar surface area (TPSA) is 75.6 Å². The van der Waals surface area contributed by atoms with Crippen molar-refractivity contribution in [3.8, 4) is 5.75 Å². The number of nitrogens with one attached hydrogen (secondary N) is 1. The Morgan fingerprint density at radius 1 is 1.09 bits per heavy atom. The van der Waals surface area contributed by atoms with E-state index < -0.39 is 5.97 Å². The lowest BCUT2D eigenvalue weighted by Crippen LogP contribution is -2.14. The van der Waals surface area contributed by atoms with Gasteiger partial charge in [-0.1, -0.05) is 0 Å². The lowest BCUT2D eigenvalue weighted by atomic mass is 10.2. The molecule has 5 nitrogen and oxygen atoms in total. The van der Waals surface area contributed by atoms with Crippen LogP contribution < -0.4 is 10.1 Å². The summed E-state index contributed by atoms with van der Waals surface area (Å²) in [5.41, 5.74) is 0.760.